The van der Waals surface area contributed by atoms with Gasteiger partial charge in [-0.05, 0) is 69.2 Å². The van der Waals surface area contributed by atoms with Gasteiger partial charge in [0, 0.05) is 16.5 Å². The van der Waals surface area contributed by atoms with E-state index >= 15 is 0 Å². The highest BCUT2D eigenvalue weighted by atomic mass is 35.5. The molecule has 4 nitrogen and oxygen atoms in total. The highest BCUT2D eigenvalue weighted by Crippen LogP contribution is 2.25. The van der Waals surface area contributed by atoms with Gasteiger partial charge >= 0.3 is 0 Å². The van der Waals surface area contributed by atoms with E-state index in [0.717, 1.165) is 54.8 Å². The van der Waals surface area contributed by atoms with E-state index in [9.17, 15) is 0 Å². The molecule has 0 amide bonds. The van der Waals surface area contributed by atoms with Gasteiger partial charge in [-0.2, -0.15) is 0 Å². The second kappa shape index (κ2) is 12.4. The number of hydrogen-bond acceptors (Lipinski definition) is 4. The van der Waals surface area contributed by atoms with Gasteiger partial charge in [0.05, 0.1) is 5.52 Å². The van der Waals surface area contributed by atoms with Gasteiger partial charge in [0.1, 0.15) is 5.82 Å². The lowest BCUT2D eigenvalue weighted by molar-refractivity contribution is 0.295. The summed E-state index contributed by atoms with van der Waals surface area (Å²) in [6.45, 7) is 9.97. The fraction of sp³-hybridized carbons (Fsp3) is 0.333. The first-order valence-corrected chi connectivity index (χ1v) is 11.8. The number of halogens is 1. The van der Waals surface area contributed by atoms with Crippen LogP contribution in [0, 0.1) is 0 Å². The summed E-state index contributed by atoms with van der Waals surface area (Å²) in [6, 6.07) is 16.3. The molecule has 1 unspecified atom stereocenters. The van der Waals surface area contributed by atoms with Crippen LogP contribution in [0.1, 0.15) is 45.0 Å². The third-order valence-corrected chi connectivity index (χ3v) is 5.75. The smallest absolute Gasteiger partial charge is 0.154 e. The molecule has 3 rings (SSSR count). The lowest BCUT2D eigenvalue weighted by atomic mass is 10.1. The molecule has 168 valence electrons. The Morgan fingerprint density at radius 3 is 2.50 bits per heavy atom. The van der Waals surface area contributed by atoms with E-state index in [-0.39, 0.29) is 0 Å². The van der Waals surface area contributed by atoms with Crippen molar-refractivity contribution in [3.63, 3.8) is 0 Å². The maximum Gasteiger partial charge on any atom is 0.154 e. The first-order chi connectivity index (χ1) is 15.6. The summed E-state index contributed by atoms with van der Waals surface area (Å²) in [4.78, 5) is 11.9. The third kappa shape index (κ3) is 7.18. The number of nitrogens with zero attached hydrogens (tertiary/aromatic N) is 3. The van der Waals surface area contributed by atoms with Crippen LogP contribution < -0.4 is 5.32 Å². The van der Waals surface area contributed by atoms with Crippen molar-refractivity contribution in [2.24, 2.45) is 0 Å². The summed E-state index contributed by atoms with van der Waals surface area (Å²) in [5.74, 6) is 1.52. The second-order valence-corrected chi connectivity index (χ2v) is 8.37. The Bertz CT molecular complexity index is 1040. The minimum absolute atomic E-state index is 0.314. The lowest BCUT2D eigenvalue weighted by Crippen LogP contribution is -2.25. The second-order valence-electron chi connectivity index (χ2n) is 7.94. The average Bonchev–Trinajstić information content (AvgIpc) is 2.80. The molecule has 1 heterocycles. The Balaban J connectivity index is 1.74. The average molecular weight is 449 g/mol. The van der Waals surface area contributed by atoms with E-state index in [1.54, 1.807) is 0 Å². The van der Waals surface area contributed by atoms with Crippen molar-refractivity contribution in [1.82, 2.24) is 14.9 Å². The highest BCUT2D eigenvalue weighted by Gasteiger charge is 2.11. The molecule has 2 aromatic carbocycles. The molecule has 0 bridgehead atoms. The highest BCUT2D eigenvalue weighted by molar-refractivity contribution is 6.31. The Morgan fingerprint density at radius 1 is 1.00 bits per heavy atom. The molecule has 0 aliphatic rings. The van der Waals surface area contributed by atoms with Crippen molar-refractivity contribution in [2.75, 3.05) is 25.0 Å². The number of allylic oxidation sites excluding steroid dienone is 2. The van der Waals surface area contributed by atoms with Crippen molar-refractivity contribution < 1.29 is 0 Å². The summed E-state index contributed by atoms with van der Waals surface area (Å²) in [7, 11) is 0. The van der Waals surface area contributed by atoms with Gasteiger partial charge < -0.3 is 10.2 Å². The third-order valence-electron chi connectivity index (χ3n) is 5.51. The first kappa shape index (κ1) is 24.0. The zero-order valence-corrected chi connectivity index (χ0v) is 20.0. The topological polar surface area (TPSA) is 41.0 Å². The van der Waals surface area contributed by atoms with Crippen molar-refractivity contribution in [2.45, 2.75) is 39.7 Å². The van der Waals surface area contributed by atoms with Gasteiger partial charge in [-0.1, -0.05) is 74.0 Å². The number of fused-ring (bicyclic) bond motifs is 1. The van der Waals surface area contributed by atoms with Crippen molar-refractivity contribution in [1.29, 1.82) is 0 Å². The predicted octanol–water partition coefficient (Wildman–Crippen LogP) is 6.93. The Labute approximate surface area is 197 Å². The first-order valence-electron chi connectivity index (χ1n) is 11.4. The predicted molar refractivity (Wildman–Crippen MR) is 139 cm³/mol. The van der Waals surface area contributed by atoms with Gasteiger partial charge in [-0.25, -0.2) is 9.97 Å². The van der Waals surface area contributed by atoms with Crippen molar-refractivity contribution in [3.8, 4) is 0 Å². The van der Waals surface area contributed by atoms with Crippen LogP contribution in [-0.2, 0) is 0 Å². The van der Waals surface area contributed by atoms with Crippen LogP contribution in [-0.4, -0.2) is 40.5 Å². The summed E-state index contributed by atoms with van der Waals surface area (Å²) in [6.07, 6.45) is 10.2. The van der Waals surface area contributed by atoms with Crippen molar-refractivity contribution >= 4 is 40.5 Å². The molecule has 0 saturated heterocycles. The van der Waals surface area contributed by atoms with E-state index in [4.69, 9.17) is 21.6 Å². The molecule has 0 aliphatic carbocycles. The minimum atomic E-state index is 0.314. The molecule has 1 atom stereocenters. The fourth-order valence-electron chi connectivity index (χ4n) is 3.64. The summed E-state index contributed by atoms with van der Waals surface area (Å²) >= 11 is 6.23. The maximum absolute atomic E-state index is 6.23. The van der Waals surface area contributed by atoms with E-state index in [0.29, 0.717) is 16.9 Å². The molecular formula is C27H33ClN4. The normalized spacial score (nSPS) is 12.9. The standard InChI is InChI=1S/C27H33ClN4/c1-4-32(5-2)19-11-12-21(3)29-27-24-18-17-23(28)20-25(24)30-26(31-27)16-10-9-15-22-13-7-6-8-14-22/h6-10,13-18,20-21H,4-5,11-12,19H2,1-3H3,(H,29,30,31). The monoisotopic (exact) mass is 448 g/mol. The zero-order valence-electron chi connectivity index (χ0n) is 19.3. The quantitative estimate of drug-likeness (QED) is 0.323. The van der Waals surface area contributed by atoms with Crippen LogP contribution in [0.2, 0.25) is 5.02 Å². The van der Waals surface area contributed by atoms with Gasteiger partial charge in [-0.3, -0.25) is 0 Å². The number of nitrogens with one attached hydrogen (secondary N) is 1. The van der Waals surface area contributed by atoms with Crippen LogP contribution in [0.5, 0.6) is 0 Å². The molecule has 5 heteroatoms. The lowest BCUT2D eigenvalue weighted by Gasteiger charge is -2.20. The van der Waals surface area contributed by atoms with Gasteiger partial charge in [0.2, 0.25) is 0 Å². The summed E-state index contributed by atoms with van der Waals surface area (Å²) in [5.41, 5.74) is 2.00. The van der Waals surface area contributed by atoms with Crippen molar-refractivity contribution in [3.05, 3.63) is 77.1 Å². The Kier molecular flexibility index (Phi) is 9.27. The zero-order chi connectivity index (χ0) is 22.8. The molecule has 0 radical (unpaired) electrons. The number of hydrogen-bond donors (Lipinski definition) is 1. The van der Waals surface area contributed by atoms with E-state index < -0.39 is 0 Å². The number of aromatic nitrogens is 2. The van der Waals surface area contributed by atoms with Crippen LogP contribution in [0.25, 0.3) is 23.1 Å². The minimum Gasteiger partial charge on any atom is -0.367 e. The van der Waals surface area contributed by atoms with Crippen LogP contribution in [0.4, 0.5) is 5.82 Å². The van der Waals surface area contributed by atoms with Crippen LogP contribution in [0.3, 0.4) is 0 Å². The van der Waals surface area contributed by atoms with Gasteiger partial charge in [0.25, 0.3) is 0 Å². The molecule has 0 fully saturated rings. The number of benzene rings is 2. The SMILES string of the molecule is CCN(CC)CCCC(C)Nc1nc(C=CC=Cc2ccccc2)nc2cc(Cl)ccc12. The summed E-state index contributed by atoms with van der Waals surface area (Å²) < 4.78 is 0. The van der Waals surface area contributed by atoms with Gasteiger partial charge in [-0.15, -0.1) is 0 Å². The fourth-order valence-corrected chi connectivity index (χ4v) is 3.81. The molecule has 0 saturated carbocycles. The Morgan fingerprint density at radius 2 is 1.75 bits per heavy atom. The number of anilines is 1. The molecule has 1 N–H and O–H groups in total. The summed E-state index contributed by atoms with van der Waals surface area (Å²) in [5, 5.41) is 5.27. The van der Waals surface area contributed by atoms with E-state index in [1.807, 2.05) is 54.6 Å². The van der Waals surface area contributed by atoms with Gasteiger partial charge in [0.15, 0.2) is 5.82 Å². The molecule has 1 aromatic heterocycles. The van der Waals surface area contributed by atoms with Crippen LogP contribution >= 0.6 is 11.6 Å². The molecule has 32 heavy (non-hydrogen) atoms. The largest absolute Gasteiger partial charge is 0.367 e. The van der Waals surface area contributed by atoms with E-state index in [2.05, 4.69) is 49.2 Å². The van der Waals surface area contributed by atoms with E-state index in [1.165, 1.54) is 0 Å². The molecule has 0 aliphatic heterocycles. The maximum atomic E-state index is 6.23. The van der Waals surface area contributed by atoms with Crippen LogP contribution in [0.15, 0.2) is 60.7 Å². The molecular weight excluding hydrogens is 416 g/mol. The number of rotatable bonds is 11. The Hall–Kier alpha value is -2.69. The molecule has 0 spiro atoms. The molecule has 3 aromatic rings.